The van der Waals surface area contributed by atoms with Crippen LogP contribution in [0.1, 0.15) is 35.2 Å². The highest BCUT2D eigenvalue weighted by Gasteiger charge is 2.40. The number of aromatic nitrogens is 3. The summed E-state index contributed by atoms with van der Waals surface area (Å²) < 4.78 is 11.1. The summed E-state index contributed by atoms with van der Waals surface area (Å²) in [5, 5.41) is 18.8. The van der Waals surface area contributed by atoms with Crippen molar-refractivity contribution in [3.8, 4) is 11.5 Å². The van der Waals surface area contributed by atoms with Gasteiger partial charge in [-0.15, -0.1) is 0 Å². The number of urea groups is 1. The lowest BCUT2D eigenvalue weighted by atomic mass is 9.91. The highest BCUT2D eigenvalue weighted by atomic mass is 16.7. The van der Waals surface area contributed by atoms with Gasteiger partial charge in [0.05, 0.1) is 6.33 Å². The number of aliphatic carboxylic acids is 1. The molecular formula is C35H41N11O8. The Morgan fingerprint density at radius 2 is 1.72 bits per heavy atom. The van der Waals surface area contributed by atoms with Crippen LogP contribution in [0.4, 0.5) is 4.79 Å². The number of nitrogens with two attached hydrogens (primary N) is 3. The molecule has 0 aliphatic carbocycles. The van der Waals surface area contributed by atoms with E-state index in [4.69, 9.17) is 26.7 Å². The summed E-state index contributed by atoms with van der Waals surface area (Å²) in [4.78, 5) is 82.2. The van der Waals surface area contributed by atoms with Gasteiger partial charge in [0.25, 0.3) is 0 Å². The van der Waals surface area contributed by atoms with Crippen LogP contribution >= 0.6 is 0 Å². The van der Waals surface area contributed by atoms with Crippen LogP contribution in [0.5, 0.6) is 11.5 Å². The lowest BCUT2D eigenvalue weighted by molar-refractivity contribution is -0.145. The van der Waals surface area contributed by atoms with Crippen LogP contribution < -0.4 is 42.6 Å². The van der Waals surface area contributed by atoms with E-state index in [1.165, 1.54) is 17.4 Å². The maximum absolute atomic E-state index is 14.3. The van der Waals surface area contributed by atoms with Gasteiger partial charge in [0.2, 0.25) is 24.5 Å². The van der Waals surface area contributed by atoms with E-state index in [0.717, 1.165) is 10.9 Å². The van der Waals surface area contributed by atoms with Gasteiger partial charge in [-0.2, -0.15) is 0 Å². The van der Waals surface area contributed by atoms with Crippen LogP contribution in [0.3, 0.4) is 0 Å². The molecule has 2 aromatic heterocycles. The van der Waals surface area contributed by atoms with E-state index < -0.39 is 53.9 Å². The van der Waals surface area contributed by atoms with E-state index in [1.54, 1.807) is 18.3 Å². The number of nitrogens with zero attached hydrogens (tertiary/aromatic N) is 3. The van der Waals surface area contributed by atoms with Crippen molar-refractivity contribution in [2.24, 2.45) is 22.2 Å². The van der Waals surface area contributed by atoms with E-state index in [1.807, 2.05) is 24.3 Å². The lowest BCUT2D eigenvalue weighted by Crippen LogP contribution is -2.61. The van der Waals surface area contributed by atoms with Gasteiger partial charge in [-0.3, -0.25) is 19.4 Å². The summed E-state index contributed by atoms with van der Waals surface area (Å²) in [6.07, 6.45) is 4.83. The Hall–Kier alpha value is -6.79. The number of amides is 5. The van der Waals surface area contributed by atoms with Gasteiger partial charge >= 0.3 is 12.0 Å². The van der Waals surface area contributed by atoms with Crippen molar-refractivity contribution in [3.63, 3.8) is 0 Å². The van der Waals surface area contributed by atoms with Crippen LogP contribution in [0, 0.1) is 0 Å². The number of fused-ring (bicyclic) bond motifs is 3. The third-order valence-electron chi connectivity index (χ3n) is 9.30. The number of para-hydroxylation sites is 1. The number of H-pyrrole nitrogens is 2. The number of aliphatic imine (C=N–C) groups is 1. The van der Waals surface area contributed by atoms with Gasteiger partial charge in [0, 0.05) is 61.3 Å². The summed E-state index contributed by atoms with van der Waals surface area (Å²) in [5.41, 5.74) is 19.8. The molecule has 284 valence electrons. The third kappa shape index (κ3) is 8.63. The molecule has 0 radical (unpaired) electrons. The number of aromatic amines is 2. The quantitative estimate of drug-likeness (QED) is 0.0425. The first-order chi connectivity index (χ1) is 26.0. The number of guanidine groups is 1. The third-order valence-corrected chi connectivity index (χ3v) is 9.30. The average Bonchev–Trinajstić information content (AvgIpc) is 3.92. The standard InChI is InChI=1S/C35H41N11O8/c36-34(37)40-7-3-6-24(30(47)44-26(33(50)51)8-19-13-41-23-5-2-1-4-22(19)23)43-31(48)27-9-18-10-28-29(54-17-53-28)11-20(18)15-46(27)32(49)25(45-35(38)52)12-21-14-39-16-42-21/h1-2,4-5,10-11,13-14,16,24-27,41H,3,6-9,12,15,17H2,(H,39,42)(H,43,48)(H,44,47)(H,50,51)(H4,36,37,40)(H3,38,45,52)/t24-,25-,26-,27?/m0/s1. The number of hydrogen-bond acceptors (Lipinski definition) is 9. The average molecular weight is 744 g/mol. The van der Waals surface area contributed by atoms with E-state index >= 15 is 0 Å². The van der Waals surface area contributed by atoms with E-state index in [2.05, 4.69) is 35.9 Å². The first-order valence-corrected chi connectivity index (χ1v) is 17.2. The van der Waals surface area contributed by atoms with Gasteiger partial charge in [-0.25, -0.2) is 14.6 Å². The summed E-state index contributed by atoms with van der Waals surface area (Å²) >= 11 is 0. The summed E-state index contributed by atoms with van der Waals surface area (Å²) in [7, 11) is 0. The molecular weight excluding hydrogens is 702 g/mol. The maximum atomic E-state index is 14.3. The summed E-state index contributed by atoms with van der Waals surface area (Å²) in [5.74, 6) is -2.55. The fraction of sp³-hybridized carbons (Fsp3) is 0.343. The molecule has 0 spiro atoms. The molecule has 12 N–H and O–H groups in total. The Labute approximate surface area is 308 Å². The summed E-state index contributed by atoms with van der Waals surface area (Å²) in [6.45, 7) is 0.0755. The molecule has 6 rings (SSSR count). The van der Waals surface area contributed by atoms with Crippen LogP contribution in [0.25, 0.3) is 10.9 Å². The Morgan fingerprint density at radius 3 is 2.43 bits per heavy atom. The van der Waals surface area contributed by atoms with Crippen LogP contribution in [-0.2, 0) is 45.0 Å². The number of imidazole rings is 1. The number of carboxylic acid groups (broad SMARTS) is 1. The Balaban J connectivity index is 1.27. The maximum Gasteiger partial charge on any atom is 0.326 e. The molecule has 5 amide bonds. The van der Waals surface area contributed by atoms with Crippen LogP contribution in [0.2, 0.25) is 0 Å². The number of carbonyl (C=O) groups is 5. The first kappa shape index (κ1) is 37.0. The summed E-state index contributed by atoms with van der Waals surface area (Å²) in [6, 6.07) is 4.92. The second-order valence-electron chi connectivity index (χ2n) is 13.0. The zero-order chi connectivity index (χ0) is 38.4. The smallest absolute Gasteiger partial charge is 0.326 e. The van der Waals surface area contributed by atoms with Crippen molar-refractivity contribution in [1.29, 1.82) is 0 Å². The van der Waals surface area contributed by atoms with Crippen molar-refractivity contribution in [3.05, 3.63) is 77.5 Å². The fourth-order valence-electron chi connectivity index (χ4n) is 6.66. The Kier molecular flexibility index (Phi) is 11.1. The number of hydrogen-bond donors (Lipinski definition) is 9. The number of nitrogens with one attached hydrogen (secondary N) is 5. The monoisotopic (exact) mass is 743 g/mol. The molecule has 1 unspecified atom stereocenters. The SMILES string of the molecule is NC(=O)N[C@@H](Cc1cnc[nH]1)C(=O)N1Cc2cc3c(cc2CC1C(=O)N[C@@H](CCCN=C(N)N)C(=O)N[C@@H](Cc1c[nH]c2ccccc12)C(=O)O)OCO3. The molecule has 19 heteroatoms. The first-order valence-electron chi connectivity index (χ1n) is 17.2. The molecule has 4 atom stereocenters. The molecule has 2 aromatic carbocycles. The number of benzene rings is 2. The molecule has 0 bridgehead atoms. The zero-order valence-corrected chi connectivity index (χ0v) is 29.0. The van der Waals surface area contributed by atoms with Crippen molar-refractivity contribution in [2.75, 3.05) is 13.3 Å². The number of ether oxygens (including phenoxy) is 2. The topological polar surface area (TPSA) is 298 Å². The van der Waals surface area contributed by atoms with Gasteiger partial charge in [-0.1, -0.05) is 18.2 Å². The highest BCUT2D eigenvalue weighted by molar-refractivity contribution is 5.96. The normalized spacial score (nSPS) is 16.1. The van der Waals surface area contributed by atoms with E-state index in [0.29, 0.717) is 33.9 Å². The molecule has 0 saturated heterocycles. The minimum atomic E-state index is -1.35. The van der Waals surface area contributed by atoms with Gasteiger partial charge in [-0.05, 0) is 47.7 Å². The number of carbonyl (C=O) groups excluding carboxylic acids is 4. The van der Waals surface area contributed by atoms with Crippen molar-refractivity contribution < 1.29 is 38.6 Å². The second-order valence-corrected chi connectivity index (χ2v) is 13.0. The predicted octanol–water partition coefficient (Wildman–Crippen LogP) is -0.497. The Bertz CT molecular complexity index is 2060. The second kappa shape index (κ2) is 16.3. The molecule has 54 heavy (non-hydrogen) atoms. The lowest BCUT2D eigenvalue weighted by Gasteiger charge is -2.38. The zero-order valence-electron chi connectivity index (χ0n) is 29.0. The molecule has 4 heterocycles. The Morgan fingerprint density at radius 1 is 0.963 bits per heavy atom. The molecule has 2 aliphatic rings. The van der Waals surface area contributed by atoms with Gasteiger partial charge in [0.15, 0.2) is 17.5 Å². The molecule has 0 fully saturated rings. The predicted molar refractivity (Wildman–Crippen MR) is 193 cm³/mol. The molecule has 0 saturated carbocycles. The minimum absolute atomic E-state index is 0.00780. The molecule has 4 aromatic rings. The molecule has 19 nitrogen and oxygen atoms in total. The van der Waals surface area contributed by atoms with Gasteiger partial charge in [0.1, 0.15) is 24.2 Å². The fourth-order valence-corrected chi connectivity index (χ4v) is 6.66. The van der Waals surface area contributed by atoms with E-state index in [9.17, 15) is 29.1 Å². The van der Waals surface area contributed by atoms with Crippen molar-refractivity contribution in [1.82, 2.24) is 35.8 Å². The number of primary amides is 1. The number of carboxylic acids is 1. The van der Waals surface area contributed by atoms with Crippen molar-refractivity contribution >= 4 is 46.6 Å². The minimum Gasteiger partial charge on any atom is -0.480 e. The van der Waals surface area contributed by atoms with Gasteiger partial charge < -0.3 is 62.6 Å². The van der Waals surface area contributed by atoms with Crippen LogP contribution in [-0.4, -0.2) is 98.1 Å². The van der Waals surface area contributed by atoms with Crippen molar-refractivity contribution in [2.45, 2.75) is 62.8 Å². The largest absolute Gasteiger partial charge is 0.480 e. The van der Waals surface area contributed by atoms with Crippen LogP contribution in [0.15, 0.2) is 60.1 Å². The van der Waals surface area contributed by atoms with E-state index in [-0.39, 0.29) is 57.9 Å². The highest BCUT2D eigenvalue weighted by Crippen LogP contribution is 2.38. The number of rotatable bonds is 15. The molecule has 2 aliphatic heterocycles.